The lowest BCUT2D eigenvalue weighted by Gasteiger charge is -2.20. The number of para-hydroxylation sites is 1. The molecule has 1 aliphatic heterocycles. The molecule has 2 heterocycles. The van der Waals surface area contributed by atoms with E-state index in [0.717, 1.165) is 23.7 Å². The van der Waals surface area contributed by atoms with Crippen molar-refractivity contribution >= 4 is 22.7 Å². The highest BCUT2D eigenvalue weighted by Crippen LogP contribution is 2.24. The van der Waals surface area contributed by atoms with Crippen LogP contribution >= 0.6 is 0 Å². The monoisotopic (exact) mass is 327 g/mol. The zero-order chi connectivity index (χ0) is 16.9. The van der Waals surface area contributed by atoms with Crippen molar-refractivity contribution in [2.24, 2.45) is 0 Å². The molecule has 6 nitrogen and oxygen atoms in total. The second kappa shape index (κ2) is 7.29. The zero-order valence-corrected chi connectivity index (χ0v) is 13.7. The fourth-order valence-electron chi connectivity index (χ4n) is 2.71. The summed E-state index contributed by atoms with van der Waals surface area (Å²) in [4.78, 5) is 30.8. The number of aromatic nitrogens is 1. The fourth-order valence-corrected chi connectivity index (χ4v) is 2.71. The minimum Gasteiger partial charge on any atom is -0.477 e. The summed E-state index contributed by atoms with van der Waals surface area (Å²) in [5.74, 6) is -0.00719. The summed E-state index contributed by atoms with van der Waals surface area (Å²) in [5, 5.41) is 3.66. The molecule has 0 bridgehead atoms. The third kappa shape index (κ3) is 3.48. The summed E-state index contributed by atoms with van der Waals surface area (Å²) in [6.07, 6.45) is 1.57. The molecule has 0 aliphatic carbocycles. The van der Waals surface area contributed by atoms with Gasteiger partial charge < -0.3 is 15.0 Å². The van der Waals surface area contributed by atoms with Gasteiger partial charge in [-0.2, -0.15) is 0 Å². The van der Waals surface area contributed by atoms with Crippen LogP contribution in [0.2, 0.25) is 0 Å². The van der Waals surface area contributed by atoms with E-state index >= 15 is 0 Å². The number of carbonyl (C=O) groups is 2. The molecule has 1 aliphatic rings. The highest BCUT2D eigenvalue weighted by Gasteiger charge is 2.25. The maximum atomic E-state index is 13.0. The quantitative estimate of drug-likeness (QED) is 0.932. The van der Waals surface area contributed by atoms with Crippen molar-refractivity contribution in [3.8, 4) is 5.88 Å². The van der Waals surface area contributed by atoms with Crippen molar-refractivity contribution in [3.63, 3.8) is 0 Å². The number of fused-ring (bicyclic) bond motifs is 1. The molecule has 0 radical (unpaired) electrons. The first-order chi connectivity index (χ1) is 11.7. The minimum atomic E-state index is -0.212. The molecule has 0 unspecified atom stereocenters. The van der Waals surface area contributed by atoms with Crippen LogP contribution in [0.25, 0.3) is 10.9 Å². The average Bonchev–Trinajstić information content (AvgIpc) is 2.83. The second-order valence-electron chi connectivity index (χ2n) is 5.81. The van der Waals surface area contributed by atoms with Gasteiger partial charge in [0.15, 0.2) is 0 Å². The second-order valence-corrected chi connectivity index (χ2v) is 5.81. The predicted molar refractivity (Wildman–Crippen MR) is 91.1 cm³/mol. The fraction of sp³-hybridized carbons (Fsp3) is 0.389. The molecule has 0 saturated carbocycles. The van der Waals surface area contributed by atoms with Crippen LogP contribution in [0.1, 0.15) is 30.1 Å². The number of ether oxygens (including phenoxy) is 1. The van der Waals surface area contributed by atoms with Crippen LogP contribution in [0.3, 0.4) is 0 Å². The number of pyridine rings is 1. The first-order valence-corrected chi connectivity index (χ1v) is 8.27. The SMILES string of the molecule is CCCOc1nc2ccccc2cc1C(=O)N1CCCNC(=O)C1. The summed E-state index contributed by atoms with van der Waals surface area (Å²) < 4.78 is 5.71. The highest BCUT2D eigenvalue weighted by molar-refractivity contribution is 6.01. The van der Waals surface area contributed by atoms with Crippen molar-refractivity contribution in [2.45, 2.75) is 19.8 Å². The van der Waals surface area contributed by atoms with Gasteiger partial charge in [-0.3, -0.25) is 9.59 Å². The number of benzene rings is 1. The molecule has 1 aromatic carbocycles. The molecular weight excluding hydrogens is 306 g/mol. The molecule has 1 N–H and O–H groups in total. The Morgan fingerprint density at radius 2 is 2.21 bits per heavy atom. The van der Waals surface area contributed by atoms with Crippen LogP contribution in [0.5, 0.6) is 5.88 Å². The van der Waals surface area contributed by atoms with Crippen molar-refractivity contribution in [1.29, 1.82) is 0 Å². The van der Waals surface area contributed by atoms with Gasteiger partial charge in [0.25, 0.3) is 5.91 Å². The molecule has 0 atom stereocenters. The molecule has 1 saturated heterocycles. The van der Waals surface area contributed by atoms with Crippen molar-refractivity contribution in [2.75, 3.05) is 26.2 Å². The first kappa shape index (κ1) is 16.2. The summed E-state index contributed by atoms with van der Waals surface area (Å²) in [6.45, 7) is 3.70. The number of rotatable bonds is 4. The third-order valence-corrected chi connectivity index (χ3v) is 3.91. The Balaban J connectivity index is 1.98. The van der Waals surface area contributed by atoms with Gasteiger partial charge in [-0.15, -0.1) is 0 Å². The lowest BCUT2D eigenvalue weighted by Crippen LogP contribution is -2.37. The number of nitrogens with zero attached hydrogens (tertiary/aromatic N) is 2. The van der Waals surface area contributed by atoms with Gasteiger partial charge >= 0.3 is 0 Å². The highest BCUT2D eigenvalue weighted by atomic mass is 16.5. The number of hydrogen-bond acceptors (Lipinski definition) is 4. The van der Waals surface area contributed by atoms with E-state index in [9.17, 15) is 9.59 Å². The summed E-state index contributed by atoms with van der Waals surface area (Å²) in [5.41, 5.74) is 1.20. The largest absolute Gasteiger partial charge is 0.477 e. The minimum absolute atomic E-state index is 0.0683. The lowest BCUT2D eigenvalue weighted by atomic mass is 10.1. The third-order valence-electron chi connectivity index (χ3n) is 3.91. The predicted octanol–water partition coefficient (Wildman–Crippen LogP) is 1.99. The molecule has 2 amide bonds. The molecular formula is C18H21N3O3. The Labute approximate surface area is 140 Å². The summed E-state index contributed by atoms with van der Waals surface area (Å²) in [7, 11) is 0. The van der Waals surface area contributed by atoms with E-state index in [-0.39, 0.29) is 18.4 Å². The standard InChI is InChI=1S/C18H21N3O3/c1-2-10-24-17-14(11-13-6-3-4-7-15(13)20-17)18(23)21-9-5-8-19-16(22)12-21/h3-4,6-7,11H,2,5,8-10,12H2,1H3,(H,19,22). The number of hydrogen-bond donors (Lipinski definition) is 1. The topological polar surface area (TPSA) is 71.5 Å². The Morgan fingerprint density at radius 3 is 3.04 bits per heavy atom. The molecule has 1 fully saturated rings. The van der Waals surface area contributed by atoms with Gasteiger partial charge in [-0.1, -0.05) is 25.1 Å². The van der Waals surface area contributed by atoms with Crippen LogP contribution in [0.4, 0.5) is 0 Å². The summed E-state index contributed by atoms with van der Waals surface area (Å²) >= 11 is 0. The van der Waals surface area contributed by atoms with Gasteiger partial charge in [0.05, 0.1) is 18.7 Å². The van der Waals surface area contributed by atoms with Crippen LogP contribution in [0, 0.1) is 0 Å². The van der Waals surface area contributed by atoms with Crippen molar-refractivity contribution in [1.82, 2.24) is 15.2 Å². The zero-order valence-electron chi connectivity index (χ0n) is 13.7. The van der Waals surface area contributed by atoms with Crippen molar-refractivity contribution < 1.29 is 14.3 Å². The molecule has 1 aromatic heterocycles. The van der Waals surface area contributed by atoms with E-state index in [1.54, 1.807) is 11.0 Å². The van der Waals surface area contributed by atoms with E-state index < -0.39 is 0 Å². The van der Waals surface area contributed by atoms with Crippen LogP contribution in [-0.2, 0) is 4.79 Å². The van der Waals surface area contributed by atoms with E-state index in [0.29, 0.717) is 31.1 Å². The number of amides is 2. The lowest BCUT2D eigenvalue weighted by molar-refractivity contribution is -0.121. The van der Waals surface area contributed by atoms with Gasteiger partial charge in [0, 0.05) is 18.5 Å². The van der Waals surface area contributed by atoms with Crippen LogP contribution < -0.4 is 10.1 Å². The van der Waals surface area contributed by atoms with E-state index in [4.69, 9.17) is 4.74 Å². The molecule has 2 aromatic rings. The Bertz CT molecular complexity index is 760. The molecule has 24 heavy (non-hydrogen) atoms. The van der Waals surface area contributed by atoms with Gasteiger partial charge in [-0.05, 0) is 25.0 Å². The average molecular weight is 327 g/mol. The van der Waals surface area contributed by atoms with Crippen LogP contribution in [0.15, 0.2) is 30.3 Å². The van der Waals surface area contributed by atoms with Gasteiger partial charge in [0.2, 0.25) is 11.8 Å². The normalized spacial score (nSPS) is 15.0. The maximum Gasteiger partial charge on any atom is 0.259 e. The Morgan fingerprint density at radius 1 is 1.38 bits per heavy atom. The molecule has 126 valence electrons. The molecule has 0 spiro atoms. The Kier molecular flexibility index (Phi) is 4.93. The van der Waals surface area contributed by atoms with E-state index in [1.807, 2.05) is 31.2 Å². The number of carbonyl (C=O) groups excluding carboxylic acids is 2. The van der Waals surface area contributed by atoms with Crippen LogP contribution in [-0.4, -0.2) is 47.9 Å². The molecule has 6 heteroatoms. The summed E-state index contributed by atoms with van der Waals surface area (Å²) in [6, 6.07) is 9.42. The van der Waals surface area contributed by atoms with Gasteiger partial charge in [0.1, 0.15) is 5.56 Å². The Hall–Kier alpha value is -2.63. The number of nitrogens with one attached hydrogen (secondary N) is 1. The van der Waals surface area contributed by atoms with Crippen molar-refractivity contribution in [3.05, 3.63) is 35.9 Å². The smallest absolute Gasteiger partial charge is 0.259 e. The van der Waals surface area contributed by atoms with E-state index in [1.165, 1.54) is 0 Å². The maximum absolute atomic E-state index is 13.0. The first-order valence-electron chi connectivity index (χ1n) is 8.27. The molecule has 3 rings (SSSR count). The van der Waals surface area contributed by atoms with E-state index in [2.05, 4.69) is 10.3 Å². The van der Waals surface area contributed by atoms with Gasteiger partial charge in [-0.25, -0.2) is 4.98 Å².